The third kappa shape index (κ3) is 3.40. The fourth-order valence-electron chi connectivity index (χ4n) is 2.92. The van der Waals surface area contributed by atoms with E-state index in [9.17, 15) is 4.79 Å². The standard InChI is InChI=1S/C21H24O5/c1-20(2,3)26-19(22)21(15-8-12-17(24-5)13-9-15)18(25-21)14-6-10-16(23-4)11-7-14/h6-13,18H,1-5H3. The predicted molar refractivity (Wildman–Crippen MR) is 97.3 cm³/mol. The molecule has 3 rings (SSSR count). The number of carbonyl (C=O) groups is 1. The SMILES string of the molecule is COc1ccc(C2OC2(C(=O)OC(C)(C)C)c2ccc(OC)cc2)cc1. The first kappa shape index (κ1) is 18.3. The maximum Gasteiger partial charge on any atom is 0.346 e. The summed E-state index contributed by atoms with van der Waals surface area (Å²) in [5.74, 6) is 1.08. The van der Waals surface area contributed by atoms with Crippen LogP contribution in [-0.4, -0.2) is 25.8 Å². The Hall–Kier alpha value is -2.53. The summed E-state index contributed by atoms with van der Waals surface area (Å²) in [7, 11) is 3.22. The number of rotatable bonds is 5. The summed E-state index contributed by atoms with van der Waals surface area (Å²) in [5.41, 5.74) is -0.109. The highest BCUT2D eigenvalue weighted by Crippen LogP contribution is 2.58. The van der Waals surface area contributed by atoms with Crippen LogP contribution in [0.5, 0.6) is 11.5 Å². The lowest BCUT2D eigenvalue weighted by atomic mass is 9.91. The fraction of sp³-hybridized carbons (Fsp3) is 0.381. The zero-order valence-electron chi connectivity index (χ0n) is 15.7. The number of epoxide rings is 1. The van der Waals surface area contributed by atoms with Gasteiger partial charge in [0.15, 0.2) is 0 Å². The molecule has 5 nitrogen and oxygen atoms in total. The Balaban J connectivity index is 1.96. The summed E-state index contributed by atoms with van der Waals surface area (Å²) in [4.78, 5) is 13.0. The van der Waals surface area contributed by atoms with Crippen LogP contribution in [0.4, 0.5) is 0 Å². The van der Waals surface area contributed by atoms with Crippen molar-refractivity contribution in [2.24, 2.45) is 0 Å². The highest BCUT2D eigenvalue weighted by molar-refractivity contribution is 5.86. The zero-order valence-corrected chi connectivity index (χ0v) is 15.7. The molecule has 1 fully saturated rings. The van der Waals surface area contributed by atoms with Crippen LogP contribution in [0.25, 0.3) is 0 Å². The molecule has 2 aromatic carbocycles. The van der Waals surface area contributed by atoms with Crippen LogP contribution in [0.2, 0.25) is 0 Å². The van der Waals surface area contributed by atoms with Gasteiger partial charge in [0.2, 0.25) is 5.60 Å². The van der Waals surface area contributed by atoms with E-state index < -0.39 is 23.3 Å². The predicted octanol–water partition coefficient (Wildman–Crippen LogP) is 4.01. The van der Waals surface area contributed by atoms with Crippen LogP contribution in [0.1, 0.15) is 38.0 Å². The van der Waals surface area contributed by atoms with Crippen LogP contribution < -0.4 is 9.47 Å². The van der Waals surface area contributed by atoms with Crippen molar-refractivity contribution in [1.82, 2.24) is 0 Å². The van der Waals surface area contributed by atoms with Crippen molar-refractivity contribution in [1.29, 1.82) is 0 Å². The van der Waals surface area contributed by atoms with Crippen LogP contribution in [0, 0.1) is 0 Å². The second-order valence-electron chi connectivity index (χ2n) is 7.24. The van der Waals surface area contributed by atoms with Gasteiger partial charge < -0.3 is 18.9 Å². The molecule has 0 radical (unpaired) electrons. The van der Waals surface area contributed by atoms with Gasteiger partial charge in [-0.15, -0.1) is 0 Å². The molecule has 1 saturated heterocycles. The van der Waals surface area contributed by atoms with Gasteiger partial charge in [-0.2, -0.15) is 0 Å². The van der Waals surface area contributed by atoms with Gasteiger partial charge in [0.1, 0.15) is 23.2 Å². The molecule has 138 valence electrons. The summed E-state index contributed by atoms with van der Waals surface area (Å²) in [6, 6.07) is 14.8. The molecule has 0 bridgehead atoms. The second kappa shape index (κ2) is 6.65. The van der Waals surface area contributed by atoms with Crippen LogP contribution in [0.15, 0.2) is 48.5 Å². The Kier molecular flexibility index (Phi) is 4.67. The topological polar surface area (TPSA) is 57.3 Å². The first-order valence-electron chi connectivity index (χ1n) is 8.50. The van der Waals surface area contributed by atoms with Gasteiger partial charge >= 0.3 is 5.97 Å². The molecule has 2 aromatic rings. The van der Waals surface area contributed by atoms with Crippen molar-refractivity contribution in [3.05, 3.63) is 59.7 Å². The van der Waals surface area contributed by atoms with E-state index in [1.54, 1.807) is 14.2 Å². The van der Waals surface area contributed by atoms with Gasteiger partial charge in [-0.3, -0.25) is 0 Å². The molecule has 0 aromatic heterocycles. The summed E-state index contributed by atoms with van der Waals surface area (Å²) >= 11 is 0. The van der Waals surface area contributed by atoms with E-state index in [4.69, 9.17) is 18.9 Å². The number of esters is 1. The van der Waals surface area contributed by atoms with Crippen LogP contribution >= 0.6 is 0 Å². The van der Waals surface area contributed by atoms with Gasteiger partial charge in [-0.25, -0.2) is 4.79 Å². The maximum atomic E-state index is 13.0. The molecule has 0 saturated carbocycles. The number of hydrogen-bond acceptors (Lipinski definition) is 5. The Bertz CT molecular complexity index is 774. The molecule has 2 unspecified atom stereocenters. The third-order valence-corrected chi connectivity index (χ3v) is 4.26. The minimum Gasteiger partial charge on any atom is -0.497 e. The Morgan fingerprint density at radius 2 is 1.42 bits per heavy atom. The minimum atomic E-state index is -1.14. The lowest BCUT2D eigenvalue weighted by Crippen LogP contribution is -2.33. The Morgan fingerprint density at radius 1 is 0.923 bits per heavy atom. The summed E-state index contributed by atoms with van der Waals surface area (Å²) < 4.78 is 22.0. The smallest absolute Gasteiger partial charge is 0.346 e. The highest BCUT2D eigenvalue weighted by Gasteiger charge is 2.66. The largest absolute Gasteiger partial charge is 0.497 e. The second-order valence-corrected chi connectivity index (χ2v) is 7.24. The number of ether oxygens (including phenoxy) is 4. The highest BCUT2D eigenvalue weighted by atomic mass is 16.7. The Morgan fingerprint density at radius 3 is 1.88 bits per heavy atom. The quantitative estimate of drug-likeness (QED) is 0.598. The maximum absolute atomic E-state index is 13.0. The van der Waals surface area contributed by atoms with Crippen LogP contribution in [0.3, 0.4) is 0 Å². The first-order valence-corrected chi connectivity index (χ1v) is 8.50. The molecule has 5 heteroatoms. The van der Waals surface area contributed by atoms with E-state index in [1.807, 2.05) is 69.3 Å². The summed E-state index contributed by atoms with van der Waals surface area (Å²) in [6.45, 7) is 5.53. The van der Waals surface area contributed by atoms with Crippen molar-refractivity contribution in [3.8, 4) is 11.5 Å². The van der Waals surface area contributed by atoms with Gasteiger partial charge in [-0.1, -0.05) is 24.3 Å². The van der Waals surface area contributed by atoms with E-state index in [-0.39, 0.29) is 0 Å². The van der Waals surface area contributed by atoms with E-state index in [0.29, 0.717) is 0 Å². The third-order valence-electron chi connectivity index (χ3n) is 4.26. The molecule has 26 heavy (non-hydrogen) atoms. The van der Waals surface area contributed by atoms with Gasteiger partial charge in [-0.05, 0) is 56.2 Å². The van der Waals surface area contributed by atoms with Crippen molar-refractivity contribution >= 4 is 5.97 Å². The van der Waals surface area contributed by atoms with Gasteiger partial charge in [0.05, 0.1) is 14.2 Å². The molecule has 1 aliphatic heterocycles. The minimum absolute atomic E-state index is 0.393. The number of methoxy groups -OCH3 is 2. The molecular weight excluding hydrogens is 332 g/mol. The van der Waals surface area contributed by atoms with Crippen molar-refractivity contribution < 1.29 is 23.7 Å². The monoisotopic (exact) mass is 356 g/mol. The van der Waals surface area contributed by atoms with E-state index >= 15 is 0 Å². The molecule has 0 N–H and O–H groups in total. The van der Waals surface area contributed by atoms with E-state index in [1.165, 1.54) is 0 Å². The first-order chi connectivity index (χ1) is 12.3. The Labute approximate surface area is 153 Å². The van der Waals surface area contributed by atoms with E-state index in [2.05, 4.69) is 0 Å². The van der Waals surface area contributed by atoms with Crippen molar-refractivity contribution in [2.45, 2.75) is 38.1 Å². The molecular formula is C21H24O5. The molecule has 0 spiro atoms. The fourth-order valence-corrected chi connectivity index (χ4v) is 2.92. The number of benzene rings is 2. The molecule has 0 aliphatic carbocycles. The molecule has 1 aliphatic rings. The van der Waals surface area contributed by atoms with Crippen molar-refractivity contribution in [2.75, 3.05) is 14.2 Å². The lowest BCUT2D eigenvalue weighted by molar-refractivity contribution is -0.162. The van der Waals surface area contributed by atoms with Gasteiger partial charge in [0, 0.05) is 0 Å². The zero-order chi connectivity index (χ0) is 18.9. The average Bonchev–Trinajstić information content (AvgIpc) is 3.37. The normalized spacial score (nSPS) is 21.8. The van der Waals surface area contributed by atoms with Crippen LogP contribution in [-0.2, 0) is 19.9 Å². The molecule has 0 amide bonds. The molecule has 2 atom stereocenters. The molecule has 1 heterocycles. The average molecular weight is 356 g/mol. The summed E-state index contributed by atoms with van der Waals surface area (Å²) in [6.07, 6.45) is -0.406. The van der Waals surface area contributed by atoms with Crippen molar-refractivity contribution in [3.63, 3.8) is 0 Å². The lowest BCUT2D eigenvalue weighted by Gasteiger charge is -2.23. The summed E-state index contributed by atoms with van der Waals surface area (Å²) in [5, 5.41) is 0. The number of carbonyl (C=O) groups excluding carboxylic acids is 1. The van der Waals surface area contributed by atoms with E-state index in [0.717, 1.165) is 22.6 Å². The van der Waals surface area contributed by atoms with Gasteiger partial charge in [0.25, 0.3) is 0 Å². The number of hydrogen-bond donors (Lipinski definition) is 0.